The monoisotopic (exact) mass is 697 g/mol. The Morgan fingerprint density at radius 1 is 0.426 bits per heavy atom. The molecule has 5 aromatic heterocycles. The van der Waals surface area contributed by atoms with Gasteiger partial charge in [0.2, 0.25) is 0 Å². The zero-order chi connectivity index (χ0) is 36.0. The molecular weight excluding hydrogens is 671 g/mol. The molecule has 0 saturated carbocycles. The molecule has 5 aromatic carbocycles. The lowest BCUT2D eigenvalue weighted by molar-refractivity contribution is 0.461. The SMILES string of the molecule is N#Cc1ccnc(-n2c3ccccc3c3ccc(Oc4cc(Oc5ccc6c7ccccc7n(-c7ccccn7)c6c5)cc(-c5ncccn5)c4)cc32)c1. The number of pyridine rings is 2. The van der Waals surface area contributed by atoms with Crippen LogP contribution in [-0.4, -0.2) is 29.1 Å². The van der Waals surface area contributed by atoms with Crippen LogP contribution in [0, 0.1) is 11.3 Å². The van der Waals surface area contributed by atoms with E-state index in [1.165, 1.54) is 0 Å². The lowest BCUT2D eigenvalue weighted by Gasteiger charge is -2.13. The molecule has 254 valence electrons. The molecule has 0 unspecified atom stereocenters. The molecule has 54 heavy (non-hydrogen) atoms. The fourth-order valence-corrected chi connectivity index (χ4v) is 7.16. The molecule has 10 rings (SSSR count). The van der Waals surface area contributed by atoms with Gasteiger partial charge >= 0.3 is 0 Å². The van der Waals surface area contributed by atoms with Crippen molar-refractivity contribution in [2.45, 2.75) is 0 Å². The first-order chi connectivity index (χ1) is 26.7. The second-order valence-electron chi connectivity index (χ2n) is 12.7. The molecule has 0 N–H and O–H groups in total. The smallest absolute Gasteiger partial charge is 0.159 e. The second-order valence-corrected chi connectivity index (χ2v) is 12.7. The highest BCUT2D eigenvalue weighted by Gasteiger charge is 2.17. The van der Waals surface area contributed by atoms with Crippen molar-refractivity contribution in [3.8, 4) is 52.1 Å². The zero-order valence-electron chi connectivity index (χ0n) is 28.5. The maximum atomic E-state index is 9.62. The quantitative estimate of drug-likeness (QED) is 0.163. The lowest BCUT2D eigenvalue weighted by atomic mass is 10.1. The first kappa shape index (κ1) is 30.9. The molecule has 0 aliphatic carbocycles. The van der Waals surface area contributed by atoms with E-state index in [0.29, 0.717) is 40.2 Å². The molecule has 0 radical (unpaired) electrons. The van der Waals surface area contributed by atoms with Crippen LogP contribution < -0.4 is 9.47 Å². The molecule has 9 heteroatoms. The van der Waals surface area contributed by atoms with Gasteiger partial charge in [-0.15, -0.1) is 0 Å². The minimum Gasteiger partial charge on any atom is -0.457 e. The summed E-state index contributed by atoms with van der Waals surface area (Å²) in [4.78, 5) is 18.3. The number of para-hydroxylation sites is 2. The van der Waals surface area contributed by atoms with Crippen molar-refractivity contribution in [2.24, 2.45) is 0 Å². The molecule has 9 nitrogen and oxygen atoms in total. The van der Waals surface area contributed by atoms with Crippen LogP contribution in [0.1, 0.15) is 5.56 Å². The van der Waals surface area contributed by atoms with E-state index in [9.17, 15) is 5.26 Å². The van der Waals surface area contributed by atoms with Crippen LogP contribution in [0.15, 0.2) is 164 Å². The normalized spacial score (nSPS) is 11.3. The summed E-state index contributed by atoms with van der Waals surface area (Å²) in [6.07, 6.45) is 6.88. The molecule has 0 amide bonds. The highest BCUT2D eigenvalue weighted by atomic mass is 16.5. The predicted molar refractivity (Wildman–Crippen MR) is 209 cm³/mol. The van der Waals surface area contributed by atoms with E-state index in [1.807, 2.05) is 84.9 Å². The molecule has 10 aromatic rings. The van der Waals surface area contributed by atoms with Crippen molar-refractivity contribution in [3.63, 3.8) is 0 Å². The number of nitrogens with zero attached hydrogens (tertiary/aromatic N) is 7. The van der Waals surface area contributed by atoms with Gasteiger partial charge in [0.15, 0.2) is 5.82 Å². The van der Waals surface area contributed by atoms with Crippen molar-refractivity contribution in [3.05, 3.63) is 170 Å². The summed E-state index contributed by atoms with van der Waals surface area (Å²) in [5.74, 6) is 4.38. The van der Waals surface area contributed by atoms with Gasteiger partial charge in [-0.1, -0.05) is 42.5 Å². The lowest BCUT2D eigenvalue weighted by Crippen LogP contribution is -1.98. The van der Waals surface area contributed by atoms with Crippen molar-refractivity contribution in [2.75, 3.05) is 0 Å². The van der Waals surface area contributed by atoms with Gasteiger partial charge in [-0.25, -0.2) is 19.9 Å². The number of hydrogen-bond acceptors (Lipinski definition) is 7. The number of ether oxygens (including phenoxy) is 2. The van der Waals surface area contributed by atoms with Crippen LogP contribution in [-0.2, 0) is 0 Å². The van der Waals surface area contributed by atoms with Crippen LogP contribution in [0.5, 0.6) is 23.0 Å². The van der Waals surface area contributed by atoms with Crippen molar-refractivity contribution >= 4 is 43.6 Å². The highest BCUT2D eigenvalue weighted by molar-refractivity contribution is 6.10. The van der Waals surface area contributed by atoms with Crippen LogP contribution in [0.3, 0.4) is 0 Å². The largest absolute Gasteiger partial charge is 0.457 e. The van der Waals surface area contributed by atoms with E-state index in [0.717, 1.165) is 55.0 Å². The molecule has 0 bridgehead atoms. The third-order valence-corrected chi connectivity index (χ3v) is 9.45. The second kappa shape index (κ2) is 12.7. The minimum atomic E-state index is 0.531. The van der Waals surface area contributed by atoms with Crippen LogP contribution in [0.2, 0.25) is 0 Å². The number of rotatable bonds is 7. The first-order valence-corrected chi connectivity index (χ1v) is 17.3. The van der Waals surface area contributed by atoms with E-state index < -0.39 is 0 Å². The number of fused-ring (bicyclic) bond motifs is 6. The van der Waals surface area contributed by atoms with Gasteiger partial charge < -0.3 is 9.47 Å². The Morgan fingerprint density at radius 2 is 0.981 bits per heavy atom. The standard InChI is InChI=1S/C45H27N7O2/c46-28-29-17-21-48-44(22-29)52-40-11-4-2-9-36(40)38-16-14-32(27-42(38)52)54-34-24-30(45-49-19-7-20-50-45)23-33(25-34)53-31-13-15-37-35-8-1-3-10-39(35)51(41(37)26-31)43-12-5-6-18-47-43/h1-27H. The molecule has 0 atom stereocenters. The van der Waals surface area contributed by atoms with Gasteiger partial charge in [0.1, 0.15) is 34.6 Å². The van der Waals surface area contributed by atoms with E-state index >= 15 is 0 Å². The Hall–Kier alpha value is -7.83. The summed E-state index contributed by atoms with van der Waals surface area (Å²) < 4.78 is 17.4. The molecule has 5 heterocycles. The van der Waals surface area contributed by atoms with E-state index in [1.54, 1.807) is 43.0 Å². The van der Waals surface area contributed by atoms with E-state index in [-0.39, 0.29) is 0 Å². The van der Waals surface area contributed by atoms with Crippen molar-refractivity contribution in [1.82, 2.24) is 29.1 Å². The summed E-state index contributed by atoms with van der Waals surface area (Å²) in [6.45, 7) is 0. The summed E-state index contributed by atoms with van der Waals surface area (Å²) in [7, 11) is 0. The molecule has 0 aliphatic rings. The predicted octanol–water partition coefficient (Wildman–Crippen LogP) is 10.6. The summed E-state index contributed by atoms with van der Waals surface area (Å²) in [6, 6.07) is 47.7. The summed E-state index contributed by atoms with van der Waals surface area (Å²) >= 11 is 0. The maximum absolute atomic E-state index is 9.62. The Labute approximate surface area is 308 Å². The average Bonchev–Trinajstić information content (AvgIpc) is 3.73. The highest BCUT2D eigenvalue weighted by Crippen LogP contribution is 2.39. The Bertz CT molecular complexity index is 3070. The van der Waals surface area contributed by atoms with Gasteiger partial charge in [-0.2, -0.15) is 5.26 Å². The number of aromatic nitrogens is 6. The van der Waals surface area contributed by atoms with Gasteiger partial charge in [-0.05, 0) is 78.9 Å². The van der Waals surface area contributed by atoms with Gasteiger partial charge in [-0.3, -0.25) is 9.13 Å². The average molecular weight is 698 g/mol. The van der Waals surface area contributed by atoms with Crippen LogP contribution >= 0.6 is 0 Å². The third-order valence-electron chi connectivity index (χ3n) is 9.45. The van der Waals surface area contributed by atoms with Gasteiger partial charge in [0.25, 0.3) is 0 Å². The van der Waals surface area contributed by atoms with E-state index in [4.69, 9.17) is 9.47 Å². The molecule has 0 fully saturated rings. The Morgan fingerprint density at radius 3 is 1.59 bits per heavy atom. The van der Waals surface area contributed by atoms with E-state index in [2.05, 4.69) is 71.5 Å². The third kappa shape index (κ3) is 5.34. The molecule has 0 saturated heterocycles. The summed E-state index contributed by atoms with van der Waals surface area (Å²) in [5, 5.41) is 14.0. The molecule has 0 aliphatic heterocycles. The van der Waals surface area contributed by atoms with Crippen LogP contribution in [0.4, 0.5) is 0 Å². The number of nitriles is 1. The summed E-state index contributed by atoms with van der Waals surface area (Å²) in [5.41, 5.74) is 5.18. The molecule has 0 spiro atoms. The Balaban J connectivity index is 1.07. The fourth-order valence-electron chi connectivity index (χ4n) is 7.16. The number of benzene rings is 5. The maximum Gasteiger partial charge on any atom is 0.159 e. The molecular formula is C45H27N7O2. The van der Waals surface area contributed by atoms with Crippen molar-refractivity contribution in [1.29, 1.82) is 5.26 Å². The van der Waals surface area contributed by atoms with Crippen molar-refractivity contribution < 1.29 is 9.47 Å². The fraction of sp³-hybridized carbons (Fsp3) is 0. The number of hydrogen-bond donors (Lipinski definition) is 0. The first-order valence-electron chi connectivity index (χ1n) is 17.3. The topological polar surface area (TPSA) is 104 Å². The van der Waals surface area contributed by atoms with Gasteiger partial charge in [0.05, 0.1) is 33.7 Å². The van der Waals surface area contributed by atoms with Crippen LogP contribution in [0.25, 0.3) is 66.6 Å². The van der Waals surface area contributed by atoms with Gasteiger partial charge in [0, 0.05) is 70.1 Å². The zero-order valence-corrected chi connectivity index (χ0v) is 28.5. The minimum absolute atomic E-state index is 0.531. The Kier molecular flexibility index (Phi) is 7.30.